The van der Waals surface area contributed by atoms with Crippen LogP contribution in [0, 0.1) is 6.92 Å². The molecule has 3 rings (SSSR count). The molecule has 0 saturated heterocycles. The van der Waals surface area contributed by atoms with Gasteiger partial charge in [0, 0.05) is 11.6 Å². The monoisotopic (exact) mass is 358 g/mol. The van der Waals surface area contributed by atoms with Gasteiger partial charge >= 0.3 is 0 Å². The Morgan fingerprint density at radius 3 is 2.80 bits per heavy atom. The SMILES string of the molecule is Cc1nnc(NC(=O)Cn2ccc3cc(OC(C)C)ccc3c2=O)s1. The number of aryl methyl sites for hydroxylation is 1. The van der Waals surface area contributed by atoms with Crippen LogP contribution >= 0.6 is 11.3 Å². The number of nitrogens with one attached hydrogen (secondary N) is 1. The molecule has 0 radical (unpaired) electrons. The summed E-state index contributed by atoms with van der Waals surface area (Å²) in [6.07, 6.45) is 1.67. The predicted molar refractivity (Wildman–Crippen MR) is 97.2 cm³/mol. The minimum absolute atomic E-state index is 0.0607. The number of hydrogen-bond donors (Lipinski definition) is 1. The molecule has 0 bridgehead atoms. The third-order valence-electron chi connectivity index (χ3n) is 3.41. The lowest BCUT2D eigenvalue weighted by Gasteiger charge is -2.11. The first-order chi connectivity index (χ1) is 11.9. The highest BCUT2D eigenvalue weighted by atomic mass is 32.1. The van der Waals surface area contributed by atoms with E-state index in [1.54, 1.807) is 31.3 Å². The lowest BCUT2D eigenvalue weighted by Crippen LogP contribution is -2.27. The Morgan fingerprint density at radius 1 is 1.32 bits per heavy atom. The van der Waals surface area contributed by atoms with E-state index in [0.29, 0.717) is 16.3 Å². The maximum Gasteiger partial charge on any atom is 0.258 e. The van der Waals surface area contributed by atoms with Crippen LogP contribution in [0.2, 0.25) is 0 Å². The summed E-state index contributed by atoms with van der Waals surface area (Å²) in [5, 5.41) is 12.8. The first kappa shape index (κ1) is 17.1. The molecule has 25 heavy (non-hydrogen) atoms. The van der Waals surface area contributed by atoms with E-state index in [9.17, 15) is 9.59 Å². The van der Waals surface area contributed by atoms with Crippen molar-refractivity contribution >= 4 is 33.1 Å². The van der Waals surface area contributed by atoms with Gasteiger partial charge in [-0.15, -0.1) is 10.2 Å². The van der Waals surface area contributed by atoms with E-state index < -0.39 is 0 Å². The number of carbonyl (C=O) groups is 1. The Hall–Kier alpha value is -2.74. The van der Waals surface area contributed by atoms with Gasteiger partial charge in [0.05, 0.1) is 6.10 Å². The second kappa shape index (κ2) is 7.02. The number of aromatic nitrogens is 3. The minimum atomic E-state index is -0.322. The van der Waals surface area contributed by atoms with Gasteiger partial charge in [-0.1, -0.05) is 11.3 Å². The fraction of sp³-hybridized carbons (Fsp3) is 0.294. The van der Waals surface area contributed by atoms with Crippen LogP contribution in [0.3, 0.4) is 0 Å². The second-order valence-corrected chi connectivity index (χ2v) is 7.02. The van der Waals surface area contributed by atoms with Crippen LogP contribution in [0.25, 0.3) is 10.8 Å². The number of anilines is 1. The Morgan fingerprint density at radius 2 is 2.12 bits per heavy atom. The number of ether oxygens (including phenoxy) is 1. The molecule has 8 heteroatoms. The van der Waals surface area contributed by atoms with Crippen molar-refractivity contribution in [3.05, 3.63) is 45.8 Å². The molecule has 1 aromatic carbocycles. The third kappa shape index (κ3) is 4.03. The Kier molecular flexibility index (Phi) is 4.80. The summed E-state index contributed by atoms with van der Waals surface area (Å²) in [6.45, 7) is 5.61. The molecule has 3 aromatic rings. The first-order valence-electron chi connectivity index (χ1n) is 7.82. The van der Waals surface area contributed by atoms with Crippen molar-refractivity contribution in [3.8, 4) is 5.75 Å². The van der Waals surface area contributed by atoms with Gasteiger partial charge in [-0.25, -0.2) is 0 Å². The Bertz CT molecular complexity index is 977. The topological polar surface area (TPSA) is 86.1 Å². The van der Waals surface area contributed by atoms with E-state index in [1.807, 2.05) is 19.9 Å². The van der Waals surface area contributed by atoms with Gasteiger partial charge in [-0.3, -0.25) is 14.9 Å². The van der Waals surface area contributed by atoms with Gasteiger partial charge in [0.25, 0.3) is 5.56 Å². The van der Waals surface area contributed by atoms with E-state index >= 15 is 0 Å². The molecule has 0 saturated carbocycles. The molecule has 0 unspecified atom stereocenters. The smallest absolute Gasteiger partial charge is 0.258 e. The molecular formula is C17H18N4O3S. The maximum atomic E-state index is 12.6. The predicted octanol–water partition coefficient (Wildman–Crippen LogP) is 2.59. The zero-order valence-corrected chi connectivity index (χ0v) is 15.0. The normalized spacial score (nSPS) is 11.0. The van der Waals surface area contributed by atoms with Crippen LogP contribution in [0.5, 0.6) is 5.75 Å². The summed E-state index contributed by atoms with van der Waals surface area (Å²) in [4.78, 5) is 24.7. The molecule has 0 aliphatic carbocycles. The summed E-state index contributed by atoms with van der Waals surface area (Å²) in [7, 11) is 0. The van der Waals surface area contributed by atoms with Crippen molar-refractivity contribution in [2.75, 3.05) is 5.32 Å². The Balaban J connectivity index is 1.81. The standard InChI is InChI=1S/C17H18N4O3S/c1-10(2)24-13-4-5-14-12(8-13)6-7-21(16(14)23)9-15(22)18-17-20-19-11(3)25-17/h4-8,10H,9H2,1-3H3,(H,18,20,22). The van der Waals surface area contributed by atoms with Gasteiger partial charge in [0.1, 0.15) is 17.3 Å². The largest absolute Gasteiger partial charge is 0.491 e. The molecule has 130 valence electrons. The number of carbonyl (C=O) groups excluding carboxylic acids is 1. The fourth-order valence-electron chi connectivity index (χ4n) is 2.40. The molecule has 1 amide bonds. The molecule has 0 fully saturated rings. The number of fused-ring (bicyclic) bond motifs is 1. The fourth-order valence-corrected chi connectivity index (χ4v) is 3.00. The van der Waals surface area contributed by atoms with Crippen LogP contribution in [0.1, 0.15) is 18.9 Å². The van der Waals surface area contributed by atoms with Gasteiger partial charge in [0.15, 0.2) is 0 Å². The van der Waals surface area contributed by atoms with Crippen molar-refractivity contribution in [2.45, 2.75) is 33.4 Å². The van der Waals surface area contributed by atoms with Gasteiger partial charge < -0.3 is 9.30 Å². The van der Waals surface area contributed by atoms with Crippen molar-refractivity contribution in [1.82, 2.24) is 14.8 Å². The van der Waals surface area contributed by atoms with Crippen LogP contribution in [-0.2, 0) is 11.3 Å². The number of pyridine rings is 1. The van der Waals surface area contributed by atoms with E-state index in [1.165, 1.54) is 15.9 Å². The van der Waals surface area contributed by atoms with Crippen LogP contribution in [-0.4, -0.2) is 26.8 Å². The molecule has 2 heterocycles. The summed E-state index contributed by atoms with van der Waals surface area (Å²) in [6, 6.07) is 7.10. The maximum absolute atomic E-state index is 12.6. The highest BCUT2D eigenvalue weighted by Crippen LogP contribution is 2.19. The molecule has 0 aliphatic rings. The van der Waals surface area contributed by atoms with Crippen molar-refractivity contribution in [3.63, 3.8) is 0 Å². The molecule has 2 aromatic heterocycles. The quantitative estimate of drug-likeness (QED) is 0.758. The summed E-state index contributed by atoms with van der Waals surface area (Å²) in [5.74, 6) is 0.390. The lowest BCUT2D eigenvalue weighted by atomic mass is 10.1. The molecular weight excluding hydrogens is 340 g/mol. The zero-order chi connectivity index (χ0) is 18.0. The third-order valence-corrected chi connectivity index (χ3v) is 4.16. The molecule has 0 aliphatic heterocycles. The summed E-state index contributed by atoms with van der Waals surface area (Å²) in [5.41, 5.74) is -0.225. The van der Waals surface area contributed by atoms with Gasteiger partial charge in [-0.2, -0.15) is 0 Å². The van der Waals surface area contributed by atoms with E-state index in [2.05, 4.69) is 15.5 Å². The van der Waals surface area contributed by atoms with Crippen LogP contribution in [0.4, 0.5) is 5.13 Å². The van der Waals surface area contributed by atoms with Gasteiger partial charge in [-0.05, 0) is 50.4 Å². The average Bonchev–Trinajstić information content (AvgIpc) is 2.94. The molecule has 7 nitrogen and oxygen atoms in total. The highest BCUT2D eigenvalue weighted by molar-refractivity contribution is 7.15. The molecule has 0 spiro atoms. The number of hydrogen-bond acceptors (Lipinski definition) is 6. The lowest BCUT2D eigenvalue weighted by molar-refractivity contribution is -0.116. The van der Waals surface area contributed by atoms with Crippen molar-refractivity contribution in [1.29, 1.82) is 0 Å². The van der Waals surface area contributed by atoms with Gasteiger partial charge in [0.2, 0.25) is 11.0 Å². The highest BCUT2D eigenvalue weighted by Gasteiger charge is 2.10. The van der Waals surface area contributed by atoms with Crippen molar-refractivity contribution in [2.24, 2.45) is 0 Å². The first-order valence-corrected chi connectivity index (χ1v) is 8.64. The summed E-state index contributed by atoms with van der Waals surface area (Å²) >= 11 is 1.28. The number of nitrogens with zero attached hydrogens (tertiary/aromatic N) is 3. The Labute approximate surface area is 148 Å². The van der Waals surface area contributed by atoms with Crippen LogP contribution < -0.4 is 15.6 Å². The van der Waals surface area contributed by atoms with E-state index in [4.69, 9.17) is 4.74 Å². The number of benzene rings is 1. The zero-order valence-electron chi connectivity index (χ0n) is 14.1. The van der Waals surface area contributed by atoms with Crippen LogP contribution in [0.15, 0.2) is 35.3 Å². The minimum Gasteiger partial charge on any atom is -0.491 e. The molecule has 0 atom stereocenters. The van der Waals surface area contributed by atoms with E-state index in [0.717, 1.165) is 10.4 Å². The van der Waals surface area contributed by atoms with Crippen molar-refractivity contribution < 1.29 is 9.53 Å². The summed E-state index contributed by atoms with van der Waals surface area (Å²) < 4.78 is 7.01. The number of rotatable bonds is 5. The average molecular weight is 358 g/mol. The molecule has 1 N–H and O–H groups in total. The second-order valence-electron chi connectivity index (χ2n) is 5.84. The van der Waals surface area contributed by atoms with E-state index in [-0.39, 0.29) is 24.1 Å². The number of amides is 1.